The molecule has 3 heteroatoms. The zero-order valence-electron chi connectivity index (χ0n) is 18.8. The van der Waals surface area contributed by atoms with Crippen molar-refractivity contribution >= 4 is 34.2 Å². The Morgan fingerprint density at radius 3 is 1.65 bits per heavy atom. The van der Waals surface area contributed by atoms with Gasteiger partial charge < -0.3 is 0 Å². The molecule has 0 amide bonds. The molecular formula is C31H24OS2. The molecule has 0 atom stereocenters. The van der Waals surface area contributed by atoms with Gasteiger partial charge in [-0.25, -0.2) is 0 Å². The van der Waals surface area contributed by atoms with Crippen molar-refractivity contribution in [2.45, 2.75) is 5.41 Å². The van der Waals surface area contributed by atoms with Crippen LogP contribution < -0.4 is 0 Å². The van der Waals surface area contributed by atoms with Gasteiger partial charge >= 0.3 is 0 Å². The predicted molar refractivity (Wildman–Crippen MR) is 147 cm³/mol. The maximum Gasteiger partial charge on any atom is 0.192 e. The summed E-state index contributed by atoms with van der Waals surface area (Å²) >= 11 is 3.34. The Bertz CT molecular complexity index is 1300. The van der Waals surface area contributed by atoms with Crippen LogP contribution in [0.15, 0.2) is 137 Å². The highest BCUT2D eigenvalue weighted by Gasteiger charge is 2.45. The molecule has 0 spiro atoms. The molecule has 1 aliphatic rings. The first-order valence-electron chi connectivity index (χ1n) is 11.2. The number of Topliss-reactive ketones (excluding diaryl/α,β-unsaturated/α-hetero) is 1. The van der Waals surface area contributed by atoms with Crippen LogP contribution in [0.5, 0.6) is 0 Å². The summed E-state index contributed by atoms with van der Waals surface area (Å²) in [6.45, 7) is 0. The van der Waals surface area contributed by atoms with Crippen molar-refractivity contribution in [2.24, 2.45) is 0 Å². The molecule has 5 rings (SSSR count). The van der Waals surface area contributed by atoms with Gasteiger partial charge in [0, 0.05) is 16.0 Å². The molecule has 0 saturated carbocycles. The van der Waals surface area contributed by atoms with E-state index in [2.05, 4.69) is 85.1 Å². The lowest BCUT2D eigenvalue weighted by Crippen LogP contribution is -2.34. The zero-order valence-corrected chi connectivity index (χ0v) is 20.5. The maximum absolute atomic E-state index is 14.3. The summed E-state index contributed by atoms with van der Waals surface area (Å²) in [6.07, 6.45) is 4.36. The minimum atomic E-state index is -0.718. The van der Waals surface area contributed by atoms with Gasteiger partial charge in [-0.1, -0.05) is 139 Å². The van der Waals surface area contributed by atoms with E-state index in [4.69, 9.17) is 0 Å². The Balaban J connectivity index is 1.86. The average molecular weight is 477 g/mol. The Labute approximate surface area is 209 Å². The second-order valence-electron chi connectivity index (χ2n) is 8.08. The van der Waals surface area contributed by atoms with Crippen LogP contribution in [-0.4, -0.2) is 12.0 Å². The first kappa shape index (κ1) is 22.5. The Hall–Kier alpha value is -3.27. The number of carbonyl (C=O) groups is 1. The number of ketones is 1. The van der Waals surface area contributed by atoms with E-state index in [-0.39, 0.29) is 5.78 Å². The molecule has 0 aromatic heterocycles. The van der Waals surface area contributed by atoms with Crippen molar-refractivity contribution in [3.8, 4) is 0 Å². The van der Waals surface area contributed by atoms with Gasteiger partial charge in [-0.15, -0.1) is 11.8 Å². The predicted octanol–water partition coefficient (Wildman–Crippen LogP) is 8.22. The monoisotopic (exact) mass is 476 g/mol. The van der Waals surface area contributed by atoms with E-state index in [0.717, 1.165) is 31.4 Å². The van der Waals surface area contributed by atoms with Crippen LogP contribution in [0.3, 0.4) is 0 Å². The number of rotatable bonds is 6. The molecule has 1 aliphatic heterocycles. The van der Waals surface area contributed by atoms with E-state index < -0.39 is 5.41 Å². The van der Waals surface area contributed by atoms with Crippen molar-refractivity contribution < 1.29 is 4.79 Å². The van der Waals surface area contributed by atoms with Crippen LogP contribution >= 0.6 is 23.5 Å². The largest absolute Gasteiger partial charge is 0.289 e. The number of hydrogen-bond donors (Lipinski definition) is 0. The second kappa shape index (κ2) is 9.92. The molecule has 4 aromatic rings. The zero-order chi connectivity index (χ0) is 23.4. The van der Waals surface area contributed by atoms with E-state index in [0.29, 0.717) is 5.56 Å². The molecule has 34 heavy (non-hydrogen) atoms. The smallest absolute Gasteiger partial charge is 0.192 e. The van der Waals surface area contributed by atoms with Gasteiger partial charge in [-0.05, 0) is 22.9 Å². The third-order valence-electron chi connectivity index (χ3n) is 6.11. The number of benzene rings is 4. The van der Waals surface area contributed by atoms with Crippen LogP contribution in [-0.2, 0) is 5.41 Å². The van der Waals surface area contributed by atoms with Crippen molar-refractivity contribution in [3.05, 3.63) is 159 Å². The Kier molecular flexibility index (Phi) is 6.57. The summed E-state index contributed by atoms with van der Waals surface area (Å²) in [5, 5.41) is 0. The van der Waals surface area contributed by atoms with Crippen molar-refractivity contribution in [3.63, 3.8) is 0 Å². The van der Waals surface area contributed by atoms with Gasteiger partial charge in [-0.2, -0.15) is 0 Å². The molecule has 0 aliphatic carbocycles. The average Bonchev–Trinajstić information content (AvgIpc) is 2.93. The fourth-order valence-corrected chi connectivity index (χ4v) is 6.63. The number of thioether (sulfide) groups is 2. The molecule has 0 saturated heterocycles. The number of carbonyl (C=O) groups excluding carboxylic acids is 1. The third kappa shape index (κ3) is 4.06. The summed E-state index contributed by atoms with van der Waals surface area (Å²) < 4.78 is 1.03. The minimum absolute atomic E-state index is 0.0634. The van der Waals surface area contributed by atoms with E-state index in [1.165, 1.54) is 0 Å². The molecule has 0 N–H and O–H groups in total. The summed E-state index contributed by atoms with van der Waals surface area (Å²) in [4.78, 5) is 15.4. The molecular weight excluding hydrogens is 452 g/mol. The topological polar surface area (TPSA) is 17.1 Å². The SMILES string of the molecule is CSC1=C(C(=O)c2ccccc2)C(c2ccccc2)(c2ccccc2)C=C(c2ccccc2)S1. The normalized spacial score (nSPS) is 15.0. The highest BCUT2D eigenvalue weighted by molar-refractivity contribution is 8.26. The van der Waals surface area contributed by atoms with Crippen molar-refractivity contribution in [1.29, 1.82) is 0 Å². The summed E-state index contributed by atoms with van der Waals surface area (Å²) in [5.41, 5.74) is 4.12. The van der Waals surface area contributed by atoms with Crippen LogP contribution in [0.25, 0.3) is 4.91 Å². The molecule has 0 bridgehead atoms. The lowest BCUT2D eigenvalue weighted by atomic mass is 9.67. The third-order valence-corrected chi connectivity index (χ3v) is 8.40. The Morgan fingerprint density at radius 2 is 1.15 bits per heavy atom. The van der Waals surface area contributed by atoms with Crippen LogP contribution in [0.1, 0.15) is 27.0 Å². The van der Waals surface area contributed by atoms with E-state index >= 15 is 0 Å². The van der Waals surface area contributed by atoms with Gasteiger partial charge in [0.15, 0.2) is 5.78 Å². The molecule has 0 radical (unpaired) electrons. The molecule has 0 fully saturated rings. The number of allylic oxidation sites excluding steroid dienone is 2. The second-order valence-corrected chi connectivity index (χ2v) is 10.2. The van der Waals surface area contributed by atoms with Crippen LogP contribution in [0.2, 0.25) is 0 Å². The van der Waals surface area contributed by atoms with Crippen molar-refractivity contribution in [1.82, 2.24) is 0 Å². The summed E-state index contributed by atoms with van der Waals surface area (Å²) in [5.74, 6) is 0.0634. The van der Waals surface area contributed by atoms with Gasteiger partial charge in [0.1, 0.15) is 0 Å². The van der Waals surface area contributed by atoms with Gasteiger partial charge in [0.2, 0.25) is 0 Å². The lowest BCUT2D eigenvalue weighted by Gasteiger charge is -2.39. The quantitative estimate of drug-likeness (QED) is 0.261. The van der Waals surface area contributed by atoms with Crippen molar-refractivity contribution in [2.75, 3.05) is 6.26 Å². The van der Waals surface area contributed by atoms with Gasteiger partial charge in [-0.3, -0.25) is 4.79 Å². The Morgan fingerprint density at radius 1 is 0.676 bits per heavy atom. The fraction of sp³-hybridized carbons (Fsp3) is 0.0645. The standard InChI is InChI=1S/C31H24OS2/c1-33-30-28(29(32)24-16-8-3-9-17-24)31(25-18-10-4-11-19-25,26-20-12-5-13-21-26)22-27(34-30)23-14-6-2-7-15-23/h2-22H,1H3. The van der Waals surface area contributed by atoms with E-state index in [1.807, 2.05) is 48.5 Å². The van der Waals surface area contributed by atoms with E-state index in [9.17, 15) is 4.79 Å². The minimum Gasteiger partial charge on any atom is -0.289 e. The molecule has 0 unspecified atom stereocenters. The number of hydrogen-bond acceptors (Lipinski definition) is 3. The first-order valence-corrected chi connectivity index (χ1v) is 13.2. The molecule has 1 heterocycles. The highest BCUT2D eigenvalue weighted by Crippen LogP contribution is 2.55. The highest BCUT2D eigenvalue weighted by atomic mass is 32.2. The fourth-order valence-electron chi connectivity index (χ4n) is 4.53. The molecule has 4 aromatic carbocycles. The maximum atomic E-state index is 14.3. The summed E-state index contributed by atoms with van der Waals surface area (Å²) in [7, 11) is 0. The summed E-state index contributed by atoms with van der Waals surface area (Å²) in [6, 6.07) is 40.9. The lowest BCUT2D eigenvalue weighted by molar-refractivity contribution is 0.102. The first-order chi connectivity index (χ1) is 16.7. The van der Waals surface area contributed by atoms with Crippen LogP contribution in [0, 0.1) is 0 Å². The van der Waals surface area contributed by atoms with Gasteiger partial charge in [0.25, 0.3) is 0 Å². The van der Waals surface area contributed by atoms with Crippen LogP contribution in [0.4, 0.5) is 0 Å². The van der Waals surface area contributed by atoms with E-state index in [1.54, 1.807) is 23.5 Å². The molecule has 1 nitrogen and oxygen atoms in total. The van der Waals surface area contributed by atoms with Gasteiger partial charge in [0.05, 0.1) is 9.65 Å². The molecule has 166 valence electrons.